The zero-order chi connectivity index (χ0) is 62.6. The van der Waals surface area contributed by atoms with E-state index in [1.54, 1.807) is 18.1 Å². The maximum absolute atomic E-state index is 5.92. The summed E-state index contributed by atoms with van der Waals surface area (Å²) < 4.78 is 28.7. The summed E-state index contributed by atoms with van der Waals surface area (Å²) in [5.74, 6) is 0. The lowest BCUT2D eigenvalue weighted by atomic mass is 10.1. The van der Waals surface area contributed by atoms with Crippen LogP contribution in [0.15, 0.2) is 170 Å². The number of rotatable bonds is 12. The van der Waals surface area contributed by atoms with Crippen LogP contribution in [0.5, 0.6) is 0 Å². The van der Waals surface area contributed by atoms with Crippen LogP contribution in [0.2, 0.25) is 21.1 Å². The summed E-state index contributed by atoms with van der Waals surface area (Å²) in [6.07, 6.45) is 0. The zero-order valence-corrected chi connectivity index (χ0v) is 53.6. The van der Waals surface area contributed by atoms with Gasteiger partial charge in [0, 0.05) is 101 Å². The van der Waals surface area contributed by atoms with Crippen LogP contribution in [0.3, 0.4) is 0 Å². The predicted molar refractivity (Wildman–Crippen MR) is 358 cm³/mol. The number of pyridine rings is 4. The van der Waals surface area contributed by atoms with Crippen molar-refractivity contribution in [2.24, 2.45) is 0 Å². The Labute approximate surface area is 552 Å². The average Bonchev–Trinajstić information content (AvgIpc) is 1.83. The summed E-state index contributed by atoms with van der Waals surface area (Å²) in [4.78, 5) is 26.4. The van der Waals surface area contributed by atoms with E-state index in [9.17, 15) is 0 Å². The van der Waals surface area contributed by atoms with E-state index in [1.807, 2.05) is 72.8 Å². The minimum absolute atomic E-state index is 0.265. The number of halogens is 4. The Bertz CT molecular complexity index is 3790. The molecule has 12 heterocycles. The third-order valence-corrected chi connectivity index (χ3v) is 17.0. The van der Waals surface area contributed by atoms with Gasteiger partial charge in [0.1, 0.15) is 0 Å². The molecule has 0 spiro atoms. The smallest absolute Gasteiger partial charge is 0.243 e. The Kier molecular flexibility index (Phi) is 20.7. The summed E-state index contributed by atoms with van der Waals surface area (Å²) in [5, 5.41) is 18.1. The lowest BCUT2D eigenvalue weighted by Gasteiger charge is -2.26. The number of nitrogens with zero attached hydrogens (tertiary/aromatic N) is 16. The highest BCUT2D eigenvalue weighted by Crippen LogP contribution is 2.27. The van der Waals surface area contributed by atoms with Gasteiger partial charge in [-0.15, -0.1) is 20.4 Å². The van der Waals surface area contributed by atoms with Gasteiger partial charge < -0.3 is 18.9 Å². The third kappa shape index (κ3) is 16.0. The van der Waals surface area contributed by atoms with Gasteiger partial charge in [0.25, 0.3) is 0 Å². The summed E-state index contributed by atoms with van der Waals surface area (Å²) >= 11 is 23.7. The zero-order valence-electron chi connectivity index (χ0n) is 50.6. The normalized spacial score (nSPS) is 16.0. The number of hydrogen-bond donors (Lipinski definition) is 0. The van der Waals surface area contributed by atoms with Crippen molar-refractivity contribution in [1.29, 1.82) is 0 Å². The van der Waals surface area contributed by atoms with E-state index in [-0.39, 0.29) is 21.1 Å². The van der Waals surface area contributed by atoms with Gasteiger partial charge >= 0.3 is 0 Å². The van der Waals surface area contributed by atoms with E-state index in [0.29, 0.717) is 0 Å². The molecule has 0 bridgehead atoms. The summed E-state index contributed by atoms with van der Waals surface area (Å²) in [6, 6.07) is 57.9. The van der Waals surface area contributed by atoms with Gasteiger partial charge in [0.15, 0.2) is 22.6 Å². The fourth-order valence-electron chi connectivity index (χ4n) is 11.6. The van der Waals surface area contributed by atoms with Crippen LogP contribution >= 0.6 is 46.4 Å². The van der Waals surface area contributed by atoms with Crippen molar-refractivity contribution in [3.05, 3.63) is 213 Å². The Hall–Kier alpha value is -7.80. The first-order chi connectivity index (χ1) is 45.2. The third-order valence-electron chi connectivity index (χ3n) is 16.4. The van der Waals surface area contributed by atoms with Crippen LogP contribution in [0.4, 0.5) is 0 Å². The summed E-state index contributed by atoms with van der Waals surface area (Å²) in [7, 11) is 0. The van der Waals surface area contributed by atoms with Crippen molar-refractivity contribution >= 4 is 69.0 Å². The second kappa shape index (κ2) is 30.3. The minimum atomic E-state index is 0.265. The first kappa shape index (κ1) is 63.0. The highest BCUT2D eigenvalue weighted by Gasteiger charge is 2.17. The van der Waals surface area contributed by atoms with Crippen molar-refractivity contribution < 1.29 is 18.9 Å². The standard InChI is InChI=1S/4C17H17ClN4O/c4*18-17-19-16-3-1-2-15(22(16)20-17)14-6-4-13(5-7-14)12-21-8-10-23-11-9-21/h4*1-7H,8-12H2. The molecule has 8 aromatic heterocycles. The lowest BCUT2D eigenvalue weighted by molar-refractivity contribution is 0.0341. The number of aromatic nitrogens is 12. The Morgan fingerprint density at radius 2 is 0.457 bits per heavy atom. The SMILES string of the molecule is Clc1nc2cccc(-c3ccc(CN4CCOCC4)cc3)n2n1.Clc1nc2cccc(-c3ccc(CN4CCOCC4)cc3)n2n1.Clc1nc2cccc(-c3ccc(CN4CCOCC4)cc3)n2n1.Clc1nc2cccc(-c3ccc(CN4CCOCC4)cc3)n2n1. The fourth-order valence-corrected chi connectivity index (χ4v) is 12.2. The first-order valence-corrected chi connectivity index (χ1v) is 32.3. The number of fused-ring (bicyclic) bond motifs is 4. The van der Waals surface area contributed by atoms with Gasteiger partial charge in [-0.3, -0.25) is 19.6 Å². The molecule has 0 saturated carbocycles. The largest absolute Gasteiger partial charge is 0.379 e. The molecule has 12 aromatic rings. The van der Waals surface area contributed by atoms with Crippen molar-refractivity contribution in [3.63, 3.8) is 0 Å². The van der Waals surface area contributed by atoms with E-state index in [2.05, 4.69) is 157 Å². The molecule has 24 heteroatoms. The van der Waals surface area contributed by atoms with E-state index in [1.165, 1.54) is 22.3 Å². The Balaban J connectivity index is 0.000000112. The van der Waals surface area contributed by atoms with Crippen LogP contribution in [0, 0.1) is 0 Å². The Morgan fingerprint density at radius 1 is 0.261 bits per heavy atom. The van der Waals surface area contributed by atoms with Crippen LogP contribution in [0.25, 0.3) is 67.6 Å². The highest BCUT2D eigenvalue weighted by molar-refractivity contribution is 6.29. The van der Waals surface area contributed by atoms with Crippen molar-refractivity contribution in [2.45, 2.75) is 26.2 Å². The molecule has 4 aliphatic rings. The molecule has 0 aliphatic carbocycles. The fraction of sp³-hybridized carbons (Fsp3) is 0.294. The van der Waals surface area contributed by atoms with Crippen LogP contribution < -0.4 is 0 Å². The molecule has 0 radical (unpaired) electrons. The highest BCUT2D eigenvalue weighted by atomic mass is 35.5. The van der Waals surface area contributed by atoms with Crippen molar-refractivity contribution in [2.75, 3.05) is 105 Å². The molecule has 4 fully saturated rings. The minimum Gasteiger partial charge on any atom is -0.379 e. The second-order valence-corrected chi connectivity index (χ2v) is 23.9. The molecule has 4 saturated heterocycles. The van der Waals surface area contributed by atoms with E-state index in [0.717, 1.165) is 199 Å². The van der Waals surface area contributed by atoms with E-state index in [4.69, 9.17) is 65.4 Å². The molecule has 472 valence electrons. The van der Waals surface area contributed by atoms with Gasteiger partial charge in [-0.05, 0) is 117 Å². The van der Waals surface area contributed by atoms with Gasteiger partial charge in [0.05, 0.1) is 75.6 Å². The number of benzene rings is 4. The molecule has 0 amide bonds. The van der Waals surface area contributed by atoms with Gasteiger partial charge in [0.2, 0.25) is 21.1 Å². The van der Waals surface area contributed by atoms with Crippen molar-refractivity contribution in [3.8, 4) is 45.0 Å². The molecule has 20 nitrogen and oxygen atoms in total. The molecule has 4 aromatic carbocycles. The van der Waals surface area contributed by atoms with E-state index >= 15 is 0 Å². The summed E-state index contributed by atoms with van der Waals surface area (Å²) in [5.41, 5.74) is 16.6. The van der Waals surface area contributed by atoms with Crippen LogP contribution in [-0.2, 0) is 45.1 Å². The van der Waals surface area contributed by atoms with E-state index < -0.39 is 0 Å². The topological polar surface area (TPSA) is 171 Å². The quantitative estimate of drug-likeness (QED) is 0.113. The molecule has 16 rings (SSSR count). The van der Waals surface area contributed by atoms with Crippen LogP contribution in [-0.4, -0.2) is 183 Å². The molecule has 0 N–H and O–H groups in total. The molecular formula is C68H68Cl4N16O4. The number of morpholine rings is 4. The van der Waals surface area contributed by atoms with Gasteiger partial charge in [-0.2, -0.15) is 19.9 Å². The Morgan fingerprint density at radius 3 is 0.652 bits per heavy atom. The second-order valence-electron chi connectivity index (χ2n) is 22.6. The molecule has 0 atom stereocenters. The average molecular weight is 1320 g/mol. The molecular weight excluding hydrogens is 1250 g/mol. The number of ether oxygens (including phenoxy) is 4. The maximum Gasteiger partial charge on any atom is 0.243 e. The maximum atomic E-state index is 5.92. The molecule has 4 aliphatic heterocycles. The first-order valence-electron chi connectivity index (χ1n) is 30.8. The van der Waals surface area contributed by atoms with Gasteiger partial charge in [-0.25, -0.2) is 18.1 Å². The van der Waals surface area contributed by atoms with Gasteiger partial charge in [-0.1, -0.05) is 121 Å². The van der Waals surface area contributed by atoms with Crippen LogP contribution in [0.1, 0.15) is 22.3 Å². The lowest BCUT2D eigenvalue weighted by Crippen LogP contribution is -2.35. The molecule has 0 unspecified atom stereocenters. The predicted octanol–water partition coefficient (Wildman–Crippen LogP) is 11.5. The van der Waals surface area contributed by atoms with Crippen molar-refractivity contribution in [1.82, 2.24) is 78.0 Å². The number of hydrogen-bond acceptors (Lipinski definition) is 16. The molecule has 92 heavy (non-hydrogen) atoms. The monoisotopic (exact) mass is 1310 g/mol. The summed E-state index contributed by atoms with van der Waals surface area (Å²) in [6.45, 7) is 18.4.